The molecule has 0 fully saturated rings. The predicted octanol–water partition coefficient (Wildman–Crippen LogP) is 1.61. The largest absolute Gasteiger partial charge is 0.462 e. The fraction of sp³-hybridized carbons (Fsp3) is 0.667. The first-order valence-corrected chi connectivity index (χ1v) is 5.30. The SMILES string of the molecule is CCOC(=O)C(=CN(C)C)C(=O)C(C)(C)C. The molecule has 92 valence electrons. The molecule has 0 aromatic rings. The summed E-state index contributed by atoms with van der Waals surface area (Å²) in [6, 6.07) is 0. The van der Waals surface area contributed by atoms with Crippen LogP contribution in [0.4, 0.5) is 0 Å². The molecule has 0 aromatic carbocycles. The molecule has 0 rings (SSSR count). The van der Waals surface area contributed by atoms with E-state index in [9.17, 15) is 9.59 Å². The molecule has 0 heterocycles. The summed E-state index contributed by atoms with van der Waals surface area (Å²) in [5.41, 5.74) is -0.492. The van der Waals surface area contributed by atoms with Gasteiger partial charge in [-0.25, -0.2) is 4.79 Å². The van der Waals surface area contributed by atoms with Gasteiger partial charge in [-0.05, 0) is 6.92 Å². The topological polar surface area (TPSA) is 46.6 Å². The minimum atomic E-state index is -0.589. The Hall–Kier alpha value is -1.32. The summed E-state index contributed by atoms with van der Waals surface area (Å²) in [7, 11) is 3.52. The lowest BCUT2D eigenvalue weighted by Crippen LogP contribution is -2.28. The number of carbonyl (C=O) groups excluding carboxylic acids is 2. The number of hydrogen-bond acceptors (Lipinski definition) is 4. The molecule has 4 heteroatoms. The van der Waals surface area contributed by atoms with Gasteiger partial charge in [0.05, 0.1) is 6.61 Å². The summed E-state index contributed by atoms with van der Waals surface area (Å²) < 4.78 is 4.87. The Kier molecular flexibility index (Phi) is 5.21. The summed E-state index contributed by atoms with van der Waals surface area (Å²) >= 11 is 0. The van der Waals surface area contributed by atoms with Crippen LogP contribution in [0.2, 0.25) is 0 Å². The zero-order valence-electron chi connectivity index (χ0n) is 11.0. The number of ketones is 1. The predicted molar refractivity (Wildman–Crippen MR) is 62.9 cm³/mol. The van der Waals surface area contributed by atoms with E-state index in [1.165, 1.54) is 6.20 Å². The van der Waals surface area contributed by atoms with Crippen LogP contribution in [0, 0.1) is 5.41 Å². The Bertz CT molecular complexity index is 298. The summed E-state index contributed by atoms with van der Waals surface area (Å²) in [5, 5.41) is 0. The van der Waals surface area contributed by atoms with E-state index in [0.29, 0.717) is 0 Å². The number of esters is 1. The van der Waals surface area contributed by atoms with Crippen LogP contribution < -0.4 is 0 Å². The van der Waals surface area contributed by atoms with Crippen molar-refractivity contribution in [3.8, 4) is 0 Å². The number of ether oxygens (including phenoxy) is 1. The van der Waals surface area contributed by atoms with Crippen molar-refractivity contribution < 1.29 is 14.3 Å². The van der Waals surface area contributed by atoms with Crippen LogP contribution in [0.5, 0.6) is 0 Å². The second kappa shape index (κ2) is 5.68. The molecule has 0 N–H and O–H groups in total. The molecule has 0 bridgehead atoms. The van der Waals surface area contributed by atoms with Crippen LogP contribution in [0.3, 0.4) is 0 Å². The first-order chi connectivity index (χ1) is 7.20. The zero-order valence-corrected chi connectivity index (χ0v) is 11.0. The van der Waals surface area contributed by atoms with Crippen molar-refractivity contribution in [3.63, 3.8) is 0 Å². The van der Waals surface area contributed by atoms with Crippen LogP contribution in [0.1, 0.15) is 27.7 Å². The van der Waals surface area contributed by atoms with Gasteiger partial charge in [0, 0.05) is 25.7 Å². The molecule has 0 aliphatic rings. The lowest BCUT2D eigenvalue weighted by Gasteiger charge is -2.19. The fourth-order valence-electron chi connectivity index (χ4n) is 1.08. The third kappa shape index (κ3) is 4.47. The highest BCUT2D eigenvalue weighted by Crippen LogP contribution is 2.20. The highest BCUT2D eigenvalue weighted by Gasteiger charge is 2.30. The number of carbonyl (C=O) groups is 2. The van der Waals surface area contributed by atoms with E-state index >= 15 is 0 Å². The maximum atomic E-state index is 12.0. The molecular formula is C12H21NO3. The van der Waals surface area contributed by atoms with Crippen molar-refractivity contribution in [2.75, 3.05) is 20.7 Å². The number of hydrogen-bond donors (Lipinski definition) is 0. The average molecular weight is 227 g/mol. The van der Waals surface area contributed by atoms with Gasteiger partial charge in [0.15, 0.2) is 5.78 Å². The standard InChI is InChI=1S/C12H21NO3/c1-7-16-11(15)9(8-13(5)6)10(14)12(2,3)4/h8H,7H2,1-6H3. The van der Waals surface area contributed by atoms with Crippen molar-refractivity contribution in [3.05, 3.63) is 11.8 Å². The third-order valence-corrected chi connectivity index (χ3v) is 1.81. The van der Waals surface area contributed by atoms with Crippen molar-refractivity contribution >= 4 is 11.8 Å². The molecule has 0 amide bonds. The second-order valence-corrected chi connectivity index (χ2v) is 4.81. The third-order valence-electron chi connectivity index (χ3n) is 1.81. The average Bonchev–Trinajstić information content (AvgIpc) is 2.11. The van der Waals surface area contributed by atoms with Crippen molar-refractivity contribution in [1.29, 1.82) is 0 Å². The molecule has 0 saturated heterocycles. The van der Waals surface area contributed by atoms with E-state index in [-0.39, 0.29) is 18.0 Å². The summed E-state index contributed by atoms with van der Waals surface area (Å²) in [5.74, 6) is -0.768. The van der Waals surface area contributed by atoms with Crippen molar-refractivity contribution in [2.45, 2.75) is 27.7 Å². The van der Waals surface area contributed by atoms with Gasteiger partial charge in [0.2, 0.25) is 0 Å². The molecule has 0 atom stereocenters. The molecular weight excluding hydrogens is 206 g/mol. The van der Waals surface area contributed by atoms with Gasteiger partial charge in [-0.1, -0.05) is 20.8 Å². The molecule has 4 nitrogen and oxygen atoms in total. The highest BCUT2D eigenvalue weighted by atomic mass is 16.5. The molecule has 0 aromatic heterocycles. The maximum absolute atomic E-state index is 12.0. The van der Waals surface area contributed by atoms with Crippen LogP contribution in [-0.2, 0) is 14.3 Å². The van der Waals surface area contributed by atoms with E-state index in [4.69, 9.17) is 4.74 Å². The van der Waals surface area contributed by atoms with Gasteiger partial charge in [0.1, 0.15) is 5.57 Å². The van der Waals surface area contributed by atoms with Crippen LogP contribution in [0.15, 0.2) is 11.8 Å². The molecule has 0 aliphatic heterocycles. The van der Waals surface area contributed by atoms with E-state index in [1.54, 1.807) is 46.7 Å². The number of Topliss-reactive ketones (excluding diaryl/α,β-unsaturated/α-hetero) is 1. The first-order valence-electron chi connectivity index (χ1n) is 5.30. The van der Waals surface area contributed by atoms with E-state index in [0.717, 1.165) is 0 Å². The molecule has 0 unspecified atom stereocenters. The first kappa shape index (κ1) is 14.7. The van der Waals surface area contributed by atoms with Gasteiger partial charge in [-0.3, -0.25) is 4.79 Å². The van der Waals surface area contributed by atoms with Gasteiger partial charge >= 0.3 is 5.97 Å². The normalized spacial score (nSPS) is 12.2. The van der Waals surface area contributed by atoms with Gasteiger partial charge in [-0.2, -0.15) is 0 Å². The van der Waals surface area contributed by atoms with E-state index < -0.39 is 11.4 Å². The van der Waals surface area contributed by atoms with Crippen molar-refractivity contribution in [1.82, 2.24) is 4.90 Å². The summed E-state index contributed by atoms with van der Waals surface area (Å²) in [4.78, 5) is 25.3. The Morgan fingerprint density at radius 1 is 1.25 bits per heavy atom. The summed E-state index contributed by atoms with van der Waals surface area (Å²) in [6.45, 7) is 7.31. The van der Waals surface area contributed by atoms with Gasteiger partial charge in [-0.15, -0.1) is 0 Å². The van der Waals surface area contributed by atoms with Gasteiger partial charge < -0.3 is 9.64 Å². The Morgan fingerprint density at radius 3 is 2.06 bits per heavy atom. The Labute approximate surface area is 97.3 Å². The smallest absolute Gasteiger partial charge is 0.343 e. The number of rotatable bonds is 4. The highest BCUT2D eigenvalue weighted by molar-refractivity contribution is 6.18. The molecule has 0 saturated carbocycles. The lowest BCUT2D eigenvalue weighted by molar-refractivity contribution is -0.141. The quantitative estimate of drug-likeness (QED) is 0.317. The zero-order chi connectivity index (χ0) is 12.9. The summed E-state index contributed by atoms with van der Waals surface area (Å²) in [6.07, 6.45) is 1.51. The van der Waals surface area contributed by atoms with Crippen LogP contribution >= 0.6 is 0 Å². The van der Waals surface area contributed by atoms with Crippen LogP contribution in [0.25, 0.3) is 0 Å². The molecule has 16 heavy (non-hydrogen) atoms. The fourth-order valence-corrected chi connectivity index (χ4v) is 1.08. The van der Waals surface area contributed by atoms with Crippen molar-refractivity contribution in [2.24, 2.45) is 5.41 Å². The van der Waals surface area contributed by atoms with E-state index in [1.807, 2.05) is 0 Å². The van der Waals surface area contributed by atoms with Crippen LogP contribution in [-0.4, -0.2) is 37.4 Å². The Balaban J connectivity index is 5.12. The maximum Gasteiger partial charge on any atom is 0.343 e. The Morgan fingerprint density at radius 2 is 1.75 bits per heavy atom. The van der Waals surface area contributed by atoms with E-state index in [2.05, 4.69) is 0 Å². The molecule has 0 spiro atoms. The van der Waals surface area contributed by atoms with Gasteiger partial charge in [0.25, 0.3) is 0 Å². The minimum Gasteiger partial charge on any atom is -0.462 e. The molecule has 0 aliphatic carbocycles. The number of nitrogens with zero attached hydrogens (tertiary/aromatic N) is 1. The lowest BCUT2D eigenvalue weighted by atomic mass is 9.86. The minimum absolute atomic E-state index is 0.0966. The second-order valence-electron chi connectivity index (χ2n) is 4.81. The monoisotopic (exact) mass is 227 g/mol. The molecule has 0 radical (unpaired) electrons.